The molecular formula is C28H32N2O6. The van der Waals surface area contributed by atoms with E-state index in [0.29, 0.717) is 13.1 Å². The molecule has 2 amide bonds. The largest absolute Gasteiger partial charge is 0.507 e. The molecule has 0 unspecified atom stereocenters. The van der Waals surface area contributed by atoms with E-state index in [1.54, 1.807) is 13.8 Å². The quantitative estimate of drug-likeness (QED) is 0.632. The van der Waals surface area contributed by atoms with E-state index in [1.165, 1.54) is 12.1 Å². The molecule has 36 heavy (non-hydrogen) atoms. The lowest BCUT2D eigenvalue weighted by atomic mass is 9.80. The van der Waals surface area contributed by atoms with Crippen LogP contribution in [-0.2, 0) is 11.3 Å². The number of fused-ring (bicyclic) bond motifs is 2. The molecule has 2 aromatic carbocycles. The molecule has 1 saturated carbocycles. The number of carbonyl (C=O) groups excluding carboxylic acids is 3. The number of Topliss-reactive ketones (excluding diaryl/α,β-unsaturated/α-hetero) is 1. The topological polar surface area (TPSA) is 105 Å². The number of nitrogens with zero attached hydrogens (tertiary/aromatic N) is 1. The van der Waals surface area contributed by atoms with Crippen molar-refractivity contribution in [1.82, 2.24) is 10.2 Å². The van der Waals surface area contributed by atoms with E-state index in [2.05, 4.69) is 5.32 Å². The van der Waals surface area contributed by atoms with Gasteiger partial charge in [0.05, 0.1) is 12.0 Å². The molecule has 5 rings (SSSR count). The molecule has 8 heteroatoms. The fraction of sp³-hybridized carbons (Fsp3) is 0.464. The van der Waals surface area contributed by atoms with Gasteiger partial charge < -0.3 is 24.8 Å². The van der Waals surface area contributed by atoms with Crippen molar-refractivity contribution in [1.29, 1.82) is 0 Å². The summed E-state index contributed by atoms with van der Waals surface area (Å²) in [6.07, 6.45) is 4.99. The van der Waals surface area contributed by atoms with Crippen molar-refractivity contribution in [3.63, 3.8) is 0 Å². The van der Waals surface area contributed by atoms with Crippen LogP contribution in [0.15, 0.2) is 36.4 Å². The monoisotopic (exact) mass is 492 g/mol. The number of nitrogens with one attached hydrogen (secondary N) is 1. The number of ether oxygens (including phenoxy) is 2. The molecular weight excluding hydrogens is 460 g/mol. The molecule has 190 valence electrons. The van der Waals surface area contributed by atoms with Crippen molar-refractivity contribution < 1.29 is 29.0 Å². The zero-order valence-electron chi connectivity index (χ0n) is 20.8. The van der Waals surface area contributed by atoms with E-state index in [4.69, 9.17) is 9.47 Å². The molecule has 2 N–H and O–H groups in total. The van der Waals surface area contributed by atoms with Gasteiger partial charge in [0.1, 0.15) is 28.4 Å². The number of phenolic OH excluding ortho intramolecular Hbond substituents is 1. The van der Waals surface area contributed by atoms with Gasteiger partial charge in [-0.3, -0.25) is 14.4 Å². The third kappa shape index (κ3) is 4.52. The van der Waals surface area contributed by atoms with Gasteiger partial charge in [-0.05, 0) is 38.3 Å². The van der Waals surface area contributed by atoms with Gasteiger partial charge in [0, 0.05) is 30.8 Å². The van der Waals surface area contributed by atoms with Crippen LogP contribution in [-0.4, -0.2) is 51.9 Å². The number of ketones is 1. The summed E-state index contributed by atoms with van der Waals surface area (Å²) in [4.78, 5) is 40.3. The Labute approximate surface area is 210 Å². The van der Waals surface area contributed by atoms with Crippen LogP contribution in [0.2, 0.25) is 0 Å². The Balaban J connectivity index is 1.24. The van der Waals surface area contributed by atoms with Crippen LogP contribution in [0.1, 0.15) is 78.7 Å². The maximum atomic E-state index is 13.2. The Kier molecular flexibility index (Phi) is 6.14. The molecule has 1 aliphatic carbocycles. The van der Waals surface area contributed by atoms with Gasteiger partial charge in [-0.1, -0.05) is 37.5 Å². The fourth-order valence-corrected chi connectivity index (χ4v) is 5.68. The Hall–Kier alpha value is -3.55. The van der Waals surface area contributed by atoms with Gasteiger partial charge in [0.2, 0.25) is 0 Å². The third-order valence-corrected chi connectivity index (χ3v) is 7.47. The molecule has 3 aliphatic rings. The van der Waals surface area contributed by atoms with Gasteiger partial charge in [-0.25, -0.2) is 0 Å². The Bertz CT molecular complexity index is 1210. The molecule has 2 aromatic rings. The molecule has 8 nitrogen and oxygen atoms in total. The van der Waals surface area contributed by atoms with Gasteiger partial charge >= 0.3 is 0 Å². The van der Waals surface area contributed by atoms with Crippen molar-refractivity contribution in [2.75, 3.05) is 13.2 Å². The standard InChI is InChI=1S/C28H32N2O6/c1-27(2)14-22(32)25-21(31)12-19(13-23(25)36-27)35-16-24(33)29-17-28(10-6-3-7-11-28)30-15-18-8-4-5-9-20(18)26(30)34/h4-5,8-9,12-13,31H,3,6-7,10-11,14-17H2,1-2H3,(H,29,33). The summed E-state index contributed by atoms with van der Waals surface area (Å²) >= 11 is 0. The average molecular weight is 493 g/mol. The first-order valence-corrected chi connectivity index (χ1v) is 12.6. The van der Waals surface area contributed by atoms with E-state index in [1.807, 2.05) is 29.2 Å². The number of benzene rings is 2. The first-order valence-electron chi connectivity index (χ1n) is 12.6. The summed E-state index contributed by atoms with van der Waals surface area (Å²) in [5, 5.41) is 13.3. The van der Waals surface area contributed by atoms with Crippen molar-refractivity contribution in [2.45, 2.75) is 70.1 Å². The van der Waals surface area contributed by atoms with Crippen molar-refractivity contribution in [2.24, 2.45) is 0 Å². The maximum Gasteiger partial charge on any atom is 0.258 e. The molecule has 0 bridgehead atoms. The second kappa shape index (κ2) is 9.15. The molecule has 1 fully saturated rings. The lowest BCUT2D eigenvalue weighted by Crippen LogP contribution is -2.57. The molecule has 0 saturated heterocycles. The predicted octanol–water partition coefficient (Wildman–Crippen LogP) is 3.99. The van der Waals surface area contributed by atoms with Crippen molar-refractivity contribution >= 4 is 17.6 Å². The lowest BCUT2D eigenvalue weighted by Gasteiger charge is -2.44. The highest BCUT2D eigenvalue weighted by Gasteiger charge is 2.44. The summed E-state index contributed by atoms with van der Waals surface area (Å²) in [6, 6.07) is 10.5. The Morgan fingerprint density at radius 3 is 2.64 bits per heavy atom. The highest BCUT2D eigenvalue weighted by atomic mass is 16.5. The summed E-state index contributed by atoms with van der Waals surface area (Å²) in [5.41, 5.74) is 0.800. The third-order valence-electron chi connectivity index (χ3n) is 7.47. The van der Waals surface area contributed by atoms with E-state index in [9.17, 15) is 19.5 Å². The second-order valence-corrected chi connectivity index (χ2v) is 10.7. The maximum absolute atomic E-state index is 13.2. The minimum Gasteiger partial charge on any atom is -0.507 e. The van der Waals surface area contributed by atoms with E-state index < -0.39 is 11.1 Å². The normalized spacial score (nSPS) is 19.8. The smallest absolute Gasteiger partial charge is 0.258 e. The van der Waals surface area contributed by atoms with Crippen molar-refractivity contribution in [3.8, 4) is 17.2 Å². The number of aromatic hydroxyl groups is 1. The Morgan fingerprint density at radius 2 is 1.89 bits per heavy atom. The molecule has 0 atom stereocenters. The first kappa shape index (κ1) is 24.2. The predicted molar refractivity (Wildman–Crippen MR) is 132 cm³/mol. The van der Waals surface area contributed by atoms with Gasteiger partial charge in [0.25, 0.3) is 11.8 Å². The summed E-state index contributed by atoms with van der Waals surface area (Å²) < 4.78 is 11.5. The van der Waals surface area contributed by atoms with Crippen LogP contribution in [0.3, 0.4) is 0 Å². The van der Waals surface area contributed by atoms with Crippen LogP contribution in [0.4, 0.5) is 0 Å². The van der Waals surface area contributed by atoms with Crippen LogP contribution in [0, 0.1) is 0 Å². The molecule has 0 spiro atoms. The minimum absolute atomic E-state index is 0.0278. The van der Waals surface area contributed by atoms with Crippen molar-refractivity contribution in [3.05, 3.63) is 53.1 Å². The second-order valence-electron chi connectivity index (χ2n) is 10.7. The molecule has 2 aliphatic heterocycles. The van der Waals surface area contributed by atoms with Gasteiger partial charge in [-0.15, -0.1) is 0 Å². The SMILES string of the molecule is CC1(C)CC(=O)c2c(O)cc(OCC(=O)NCC3(N4Cc5ccccc5C4=O)CCCCC3)cc2O1. The summed E-state index contributed by atoms with van der Waals surface area (Å²) in [6.45, 7) is 4.26. The molecule has 2 heterocycles. The number of amides is 2. The van der Waals surface area contributed by atoms with Crippen LogP contribution in [0.5, 0.6) is 17.2 Å². The lowest BCUT2D eigenvalue weighted by molar-refractivity contribution is -0.123. The highest BCUT2D eigenvalue weighted by molar-refractivity contribution is 6.03. The number of hydrogen-bond donors (Lipinski definition) is 2. The zero-order valence-corrected chi connectivity index (χ0v) is 20.8. The van der Waals surface area contributed by atoms with Gasteiger partial charge in [-0.2, -0.15) is 0 Å². The van der Waals surface area contributed by atoms with E-state index >= 15 is 0 Å². The minimum atomic E-state index is -0.687. The number of phenols is 1. The summed E-state index contributed by atoms with van der Waals surface area (Å²) in [7, 11) is 0. The zero-order chi connectivity index (χ0) is 25.5. The average Bonchev–Trinajstić information content (AvgIpc) is 3.18. The fourth-order valence-electron chi connectivity index (χ4n) is 5.68. The van der Waals surface area contributed by atoms with Crippen LogP contribution in [0.25, 0.3) is 0 Å². The van der Waals surface area contributed by atoms with Gasteiger partial charge in [0.15, 0.2) is 12.4 Å². The number of carbonyl (C=O) groups is 3. The highest BCUT2D eigenvalue weighted by Crippen LogP contribution is 2.41. The number of hydrogen-bond acceptors (Lipinski definition) is 6. The first-order chi connectivity index (χ1) is 17.2. The van der Waals surface area contributed by atoms with Crippen LogP contribution >= 0.6 is 0 Å². The summed E-state index contributed by atoms with van der Waals surface area (Å²) in [5.74, 6) is -0.223. The number of rotatable bonds is 6. The Morgan fingerprint density at radius 1 is 1.14 bits per heavy atom. The van der Waals surface area contributed by atoms with E-state index in [-0.39, 0.29) is 53.4 Å². The van der Waals surface area contributed by atoms with E-state index in [0.717, 1.165) is 43.2 Å². The molecule has 0 radical (unpaired) electrons. The molecule has 0 aromatic heterocycles. The van der Waals surface area contributed by atoms with Crippen LogP contribution < -0.4 is 14.8 Å².